The molecule has 2 aromatic rings. The van der Waals surface area contributed by atoms with Gasteiger partial charge in [0.05, 0.1) is 11.6 Å². The van der Waals surface area contributed by atoms with Gasteiger partial charge in [-0.1, -0.05) is 61.9 Å². The average Bonchev–Trinajstić information content (AvgIpc) is 2.88. The standard InChI is InChI=1S/C22H23NO3/c1-14(2)13-18(24)19-20(16-7-5-4-6-8-16)23(22(26)21(19)25)17-11-9-15(3)10-12-17/h4-12,14,20,25H,13H2,1-3H3. The molecule has 1 aliphatic rings. The van der Waals surface area contributed by atoms with E-state index in [2.05, 4.69) is 0 Å². The summed E-state index contributed by atoms with van der Waals surface area (Å²) in [4.78, 5) is 27.2. The second-order valence-electron chi connectivity index (χ2n) is 7.11. The lowest BCUT2D eigenvalue weighted by Crippen LogP contribution is -2.31. The molecule has 3 rings (SSSR count). The van der Waals surface area contributed by atoms with Crippen LogP contribution in [0.5, 0.6) is 0 Å². The van der Waals surface area contributed by atoms with Crippen LogP contribution >= 0.6 is 0 Å². The highest BCUT2D eigenvalue weighted by Crippen LogP contribution is 2.41. The first-order valence-corrected chi connectivity index (χ1v) is 8.81. The molecule has 0 saturated heterocycles. The van der Waals surface area contributed by atoms with Crippen molar-refractivity contribution >= 4 is 17.4 Å². The summed E-state index contributed by atoms with van der Waals surface area (Å²) in [6.45, 7) is 5.86. The van der Waals surface area contributed by atoms with Gasteiger partial charge in [0.1, 0.15) is 0 Å². The molecule has 4 nitrogen and oxygen atoms in total. The van der Waals surface area contributed by atoms with Gasteiger partial charge in [0.25, 0.3) is 5.91 Å². The van der Waals surface area contributed by atoms with Crippen LogP contribution in [0.25, 0.3) is 0 Å². The van der Waals surface area contributed by atoms with Gasteiger partial charge in [-0.15, -0.1) is 0 Å². The van der Waals surface area contributed by atoms with Crippen LogP contribution in [0.3, 0.4) is 0 Å². The molecule has 0 aliphatic carbocycles. The lowest BCUT2D eigenvalue weighted by molar-refractivity contribution is -0.118. The number of rotatable bonds is 5. The zero-order chi connectivity index (χ0) is 18.8. The Morgan fingerprint density at radius 2 is 1.69 bits per heavy atom. The summed E-state index contributed by atoms with van der Waals surface area (Å²) in [6, 6.07) is 16.3. The smallest absolute Gasteiger partial charge is 0.294 e. The maximum atomic E-state index is 12.8. The Morgan fingerprint density at radius 1 is 1.08 bits per heavy atom. The van der Waals surface area contributed by atoms with Gasteiger partial charge in [0.15, 0.2) is 11.5 Å². The van der Waals surface area contributed by atoms with Gasteiger partial charge in [0, 0.05) is 12.1 Å². The number of ketones is 1. The van der Waals surface area contributed by atoms with Crippen molar-refractivity contribution in [1.29, 1.82) is 0 Å². The van der Waals surface area contributed by atoms with E-state index in [0.29, 0.717) is 5.69 Å². The Bertz CT molecular complexity index is 851. The first kappa shape index (κ1) is 17.9. The molecule has 1 atom stereocenters. The highest BCUT2D eigenvalue weighted by atomic mass is 16.3. The molecule has 1 N–H and O–H groups in total. The monoisotopic (exact) mass is 349 g/mol. The molecule has 0 bridgehead atoms. The van der Waals surface area contributed by atoms with Crippen LogP contribution in [0.4, 0.5) is 5.69 Å². The minimum Gasteiger partial charge on any atom is -0.503 e. The van der Waals surface area contributed by atoms with Gasteiger partial charge < -0.3 is 5.11 Å². The van der Waals surface area contributed by atoms with E-state index >= 15 is 0 Å². The third-order valence-corrected chi connectivity index (χ3v) is 4.53. The van der Waals surface area contributed by atoms with Crippen molar-refractivity contribution in [2.75, 3.05) is 4.90 Å². The van der Waals surface area contributed by atoms with Crippen molar-refractivity contribution in [3.8, 4) is 0 Å². The maximum absolute atomic E-state index is 12.8. The molecule has 2 aromatic carbocycles. The number of nitrogens with zero attached hydrogens (tertiary/aromatic N) is 1. The van der Waals surface area contributed by atoms with Crippen LogP contribution in [-0.4, -0.2) is 16.8 Å². The third-order valence-electron chi connectivity index (χ3n) is 4.53. The molecule has 26 heavy (non-hydrogen) atoms. The van der Waals surface area contributed by atoms with Gasteiger partial charge in [-0.2, -0.15) is 0 Å². The maximum Gasteiger partial charge on any atom is 0.294 e. The fourth-order valence-electron chi connectivity index (χ4n) is 3.29. The van der Waals surface area contributed by atoms with Crippen LogP contribution in [0, 0.1) is 12.8 Å². The van der Waals surface area contributed by atoms with Gasteiger partial charge >= 0.3 is 0 Å². The number of carbonyl (C=O) groups is 2. The topological polar surface area (TPSA) is 57.6 Å². The molecule has 134 valence electrons. The summed E-state index contributed by atoms with van der Waals surface area (Å²) in [5.74, 6) is -1.02. The first-order chi connectivity index (χ1) is 12.4. The molecule has 0 fully saturated rings. The van der Waals surface area contributed by atoms with Crippen molar-refractivity contribution in [1.82, 2.24) is 0 Å². The van der Waals surface area contributed by atoms with E-state index in [1.165, 1.54) is 4.90 Å². The molecule has 0 spiro atoms. The molecule has 0 saturated carbocycles. The van der Waals surface area contributed by atoms with Gasteiger partial charge in [-0.3, -0.25) is 14.5 Å². The number of aryl methyl sites for hydroxylation is 1. The Hall–Kier alpha value is -2.88. The molecule has 1 aliphatic heterocycles. The summed E-state index contributed by atoms with van der Waals surface area (Å²) in [5.41, 5.74) is 2.73. The van der Waals surface area contributed by atoms with Gasteiger partial charge in [0.2, 0.25) is 0 Å². The average molecular weight is 349 g/mol. The van der Waals surface area contributed by atoms with Crippen LogP contribution in [-0.2, 0) is 9.59 Å². The molecule has 4 heteroatoms. The number of benzene rings is 2. The summed E-state index contributed by atoms with van der Waals surface area (Å²) in [6.07, 6.45) is 0.289. The second kappa shape index (κ2) is 7.16. The van der Waals surface area contributed by atoms with E-state index in [1.807, 2.05) is 75.4 Å². The lowest BCUT2D eigenvalue weighted by atomic mass is 9.92. The normalized spacial score (nSPS) is 17.3. The third kappa shape index (κ3) is 3.27. The Labute approximate surface area is 153 Å². The Balaban J connectivity index is 2.12. The Morgan fingerprint density at radius 3 is 2.27 bits per heavy atom. The van der Waals surface area contributed by atoms with Crippen molar-refractivity contribution in [3.63, 3.8) is 0 Å². The van der Waals surface area contributed by atoms with Crippen molar-refractivity contribution in [2.24, 2.45) is 5.92 Å². The zero-order valence-electron chi connectivity index (χ0n) is 15.3. The summed E-state index contributed by atoms with van der Waals surface area (Å²) >= 11 is 0. The number of hydrogen-bond donors (Lipinski definition) is 1. The van der Waals surface area contributed by atoms with E-state index in [-0.39, 0.29) is 23.7 Å². The number of amides is 1. The van der Waals surface area contributed by atoms with Gasteiger partial charge in [-0.05, 0) is 30.5 Å². The molecular formula is C22H23NO3. The number of aliphatic hydroxyl groups is 1. The number of anilines is 1. The van der Waals surface area contributed by atoms with Crippen LogP contribution in [0.1, 0.15) is 37.4 Å². The van der Waals surface area contributed by atoms with Crippen LogP contribution < -0.4 is 4.90 Å². The summed E-state index contributed by atoms with van der Waals surface area (Å²) < 4.78 is 0. The summed E-state index contributed by atoms with van der Waals surface area (Å²) in [5, 5.41) is 10.5. The van der Waals surface area contributed by atoms with Crippen LogP contribution in [0.15, 0.2) is 65.9 Å². The largest absolute Gasteiger partial charge is 0.503 e. The van der Waals surface area contributed by atoms with E-state index < -0.39 is 17.7 Å². The SMILES string of the molecule is Cc1ccc(N2C(=O)C(O)=C(C(=O)CC(C)C)C2c2ccccc2)cc1. The van der Waals surface area contributed by atoms with Crippen molar-refractivity contribution in [3.05, 3.63) is 77.1 Å². The lowest BCUT2D eigenvalue weighted by Gasteiger charge is -2.27. The Kier molecular flexibility index (Phi) is 4.94. The van der Waals surface area contributed by atoms with E-state index in [9.17, 15) is 14.7 Å². The predicted molar refractivity (Wildman–Crippen MR) is 102 cm³/mol. The fraction of sp³-hybridized carbons (Fsp3) is 0.273. The van der Waals surface area contributed by atoms with Gasteiger partial charge in [-0.25, -0.2) is 0 Å². The summed E-state index contributed by atoms with van der Waals surface area (Å²) in [7, 11) is 0. The minimum atomic E-state index is -0.613. The molecule has 1 unspecified atom stereocenters. The molecule has 1 amide bonds. The van der Waals surface area contributed by atoms with Crippen molar-refractivity contribution in [2.45, 2.75) is 33.2 Å². The molecule has 0 radical (unpaired) electrons. The van der Waals surface area contributed by atoms with Crippen LogP contribution in [0.2, 0.25) is 0 Å². The second-order valence-corrected chi connectivity index (χ2v) is 7.11. The zero-order valence-corrected chi connectivity index (χ0v) is 15.3. The molecule has 1 heterocycles. The highest BCUT2D eigenvalue weighted by Gasteiger charge is 2.44. The predicted octanol–water partition coefficient (Wildman–Crippen LogP) is 4.51. The van der Waals surface area contributed by atoms with E-state index in [1.54, 1.807) is 0 Å². The number of Topliss-reactive ketones (excluding diaryl/α,β-unsaturated/α-hetero) is 1. The van der Waals surface area contributed by atoms with E-state index in [4.69, 9.17) is 0 Å². The first-order valence-electron chi connectivity index (χ1n) is 8.81. The highest BCUT2D eigenvalue weighted by molar-refractivity contribution is 6.16. The molecule has 0 aromatic heterocycles. The number of carbonyl (C=O) groups excluding carboxylic acids is 2. The quantitative estimate of drug-likeness (QED) is 0.864. The van der Waals surface area contributed by atoms with E-state index in [0.717, 1.165) is 11.1 Å². The number of aliphatic hydroxyl groups excluding tert-OH is 1. The molecular weight excluding hydrogens is 326 g/mol. The van der Waals surface area contributed by atoms with Crippen molar-refractivity contribution < 1.29 is 14.7 Å². The fourth-order valence-corrected chi connectivity index (χ4v) is 3.29. The number of hydrogen-bond acceptors (Lipinski definition) is 3. The minimum absolute atomic E-state index is 0.141.